The average molecular weight is 216 g/mol. The molecular formula is C14H20N2. The molecule has 1 rings (SSSR count). The van der Waals surface area contributed by atoms with Crippen LogP contribution >= 0.6 is 0 Å². The summed E-state index contributed by atoms with van der Waals surface area (Å²) in [5.74, 6) is 0.147. The Balaban J connectivity index is 2.55. The molecule has 0 spiro atoms. The zero-order valence-corrected chi connectivity index (χ0v) is 10.4. The predicted octanol–water partition coefficient (Wildman–Crippen LogP) is 2.98. The largest absolute Gasteiger partial charge is 0.301 e. The molecule has 1 atom stereocenters. The van der Waals surface area contributed by atoms with E-state index >= 15 is 0 Å². The van der Waals surface area contributed by atoms with Crippen molar-refractivity contribution in [3.8, 4) is 6.07 Å². The lowest BCUT2D eigenvalue weighted by Crippen LogP contribution is -2.24. The van der Waals surface area contributed by atoms with Gasteiger partial charge < -0.3 is 4.90 Å². The van der Waals surface area contributed by atoms with Crippen LogP contribution in [0, 0.1) is 24.2 Å². The zero-order valence-electron chi connectivity index (χ0n) is 10.4. The summed E-state index contributed by atoms with van der Waals surface area (Å²) in [5, 5.41) is 8.92. The first-order valence-electron chi connectivity index (χ1n) is 5.80. The fourth-order valence-corrected chi connectivity index (χ4v) is 1.78. The Morgan fingerprint density at radius 1 is 1.38 bits per heavy atom. The highest BCUT2D eigenvalue weighted by molar-refractivity contribution is 5.25. The number of rotatable bonds is 5. The molecule has 0 saturated heterocycles. The van der Waals surface area contributed by atoms with Crippen LogP contribution in [0.5, 0.6) is 0 Å². The van der Waals surface area contributed by atoms with E-state index in [4.69, 9.17) is 5.26 Å². The van der Waals surface area contributed by atoms with Crippen molar-refractivity contribution in [3.63, 3.8) is 0 Å². The second-order valence-electron chi connectivity index (χ2n) is 4.36. The van der Waals surface area contributed by atoms with E-state index < -0.39 is 0 Å². The second-order valence-corrected chi connectivity index (χ2v) is 4.36. The Labute approximate surface area is 98.5 Å². The summed E-state index contributed by atoms with van der Waals surface area (Å²) in [7, 11) is 2.08. The highest BCUT2D eigenvalue weighted by atomic mass is 15.1. The first-order valence-corrected chi connectivity index (χ1v) is 5.80. The molecule has 0 heterocycles. The molecule has 1 aromatic carbocycles. The van der Waals surface area contributed by atoms with Gasteiger partial charge in [-0.25, -0.2) is 0 Å². The Kier molecular flexibility index (Phi) is 5.01. The molecule has 0 N–H and O–H groups in total. The smallest absolute Gasteiger partial charge is 0.0669 e. The SMILES string of the molecule is CCC(C#N)CN(C)Cc1ccccc1C. The minimum absolute atomic E-state index is 0.147. The van der Waals surface area contributed by atoms with Gasteiger partial charge in [-0.05, 0) is 31.5 Å². The van der Waals surface area contributed by atoms with E-state index in [-0.39, 0.29) is 5.92 Å². The summed E-state index contributed by atoms with van der Waals surface area (Å²) in [6, 6.07) is 10.7. The summed E-state index contributed by atoms with van der Waals surface area (Å²) in [4.78, 5) is 2.22. The molecule has 1 unspecified atom stereocenters. The van der Waals surface area contributed by atoms with Gasteiger partial charge in [-0.15, -0.1) is 0 Å². The molecule has 1 aromatic rings. The van der Waals surface area contributed by atoms with E-state index in [0.717, 1.165) is 19.5 Å². The van der Waals surface area contributed by atoms with Crippen molar-refractivity contribution < 1.29 is 0 Å². The number of aryl methyl sites for hydroxylation is 1. The molecule has 0 fully saturated rings. The number of hydrogen-bond donors (Lipinski definition) is 0. The Bertz CT molecular complexity index is 365. The fourth-order valence-electron chi connectivity index (χ4n) is 1.78. The van der Waals surface area contributed by atoms with Gasteiger partial charge in [-0.2, -0.15) is 5.26 Å². The van der Waals surface area contributed by atoms with Crippen LogP contribution in [0.4, 0.5) is 0 Å². The van der Waals surface area contributed by atoms with Crippen LogP contribution < -0.4 is 0 Å². The monoisotopic (exact) mass is 216 g/mol. The third kappa shape index (κ3) is 3.67. The lowest BCUT2D eigenvalue weighted by molar-refractivity contribution is 0.292. The van der Waals surface area contributed by atoms with Crippen LogP contribution in [-0.2, 0) is 6.54 Å². The zero-order chi connectivity index (χ0) is 12.0. The lowest BCUT2D eigenvalue weighted by atomic mass is 10.1. The van der Waals surface area contributed by atoms with Gasteiger partial charge in [-0.3, -0.25) is 0 Å². The van der Waals surface area contributed by atoms with E-state index in [1.54, 1.807) is 0 Å². The van der Waals surface area contributed by atoms with Crippen molar-refractivity contribution in [3.05, 3.63) is 35.4 Å². The van der Waals surface area contributed by atoms with Crippen molar-refractivity contribution in [2.45, 2.75) is 26.8 Å². The molecular weight excluding hydrogens is 196 g/mol. The highest BCUT2D eigenvalue weighted by Crippen LogP contribution is 2.11. The summed E-state index contributed by atoms with van der Waals surface area (Å²) in [6.07, 6.45) is 0.925. The van der Waals surface area contributed by atoms with Crippen LogP contribution in [-0.4, -0.2) is 18.5 Å². The molecule has 0 aliphatic rings. The van der Waals surface area contributed by atoms with Gasteiger partial charge in [0.25, 0.3) is 0 Å². The summed E-state index contributed by atoms with van der Waals surface area (Å²) >= 11 is 0. The van der Waals surface area contributed by atoms with Crippen LogP contribution in [0.2, 0.25) is 0 Å². The van der Waals surface area contributed by atoms with Gasteiger partial charge in [0.2, 0.25) is 0 Å². The standard InChI is InChI=1S/C14H20N2/c1-4-13(9-15)10-16(3)11-14-8-6-5-7-12(14)2/h5-8,13H,4,10-11H2,1-3H3. The van der Waals surface area contributed by atoms with Crippen molar-refractivity contribution in [1.29, 1.82) is 5.26 Å². The van der Waals surface area contributed by atoms with Crippen molar-refractivity contribution in [2.75, 3.05) is 13.6 Å². The Morgan fingerprint density at radius 2 is 2.06 bits per heavy atom. The third-order valence-electron chi connectivity index (χ3n) is 2.91. The van der Waals surface area contributed by atoms with Gasteiger partial charge in [0, 0.05) is 13.1 Å². The molecule has 2 heteroatoms. The van der Waals surface area contributed by atoms with Crippen molar-refractivity contribution in [2.24, 2.45) is 5.92 Å². The maximum absolute atomic E-state index is 8.92. The van der Waals surface area contributed by atoms with Crippen molar-refractivity contribution >= 4 is 0 Å². The van der Waals surface area contributed by atoms with Gasteiger partial charge in [0.15, 0.2) is 0 Å². The summed E-state index contributed by atoms with van der Waals surface area (Å²) in [5.41, 5.74) is 2.66. The number of nitrogens with zero attached hydrogens (tertiary/aromatic N) is 2. The number of hydrogen-bond acceptors (Lipinski definition) is 2. The molecule has 0 bridgehead atoms. The summed E-state index contributed by atoms with van der Waals surface area (Å²) < 4.78 is 0. The highest BCUT2D eigenvalue weighted by Gasteiger charge is 2.09. The van der Waals surface area contributed by atoms with E-state index in [9.17, 15) is 0 Å². The van der Waals surface area contributed by atoms with E-state index in [0.29, 0.717) is 0 Å². The van der Waals surface area contributed by atoms with Crippen molar-refractivity contribution in [1.82, 2.24) is 4.90 Å². The molecule has 0 aliphatic heterocycles. The topological polar surface area (TPSA) is 27.0 Å². The molecule has 16 heavy (non-hydrogen) atoms. The van der Waals surface area contributed by atoms with Gasteiger partial charge >= 0.3 is 0 Å². The second kappa shape index (κ2) is 6.30. The van der Waals surface area contributed by atoms with Crippen LogP contribution in [0.15, 0.2) is 24.3 Å². The summed E-state index contributed by atoms with van der Waals surface area (Å²) in [6.45, 7) is 5.96. The number of nitriles is 1. The fraction of sp³-hybridized carbons (Fsp3) is 0.500. The maximum Gasteiger partial charge on any atom is 0.0669 e. The van der Waals surface area contributed by atoms with E-state index in [1.165, 1.54) is 11.1 Å². The quantitative estimate of drug-likeness (QED) is 0.756. The van der Waals surface area contributed by atoms with Gasteiger partial charge in [-0.1, -0.05) is 31.2 Å². The molecule has 86 valence electrons. The average Bonchev–Trinajstić information content (AvgIpc) is 2.29. The van der Waals surface area contributed by atoms with Gasteiger partial charge in [0.05, 0.1) is 12.0 Å². The van der Waals surface area contributed by atoms with Gasteiger partial charge in [0.1, 0.15) is 0 Å². The Hall–Kier alpha value is -1.33. The Morgan fingerprint density at radius 3 is 2.62 bits per heavy atom. The first kappa shape index (κ1) is 12.7. The first-order chi connectivity index (χ1) is 7.67. The van der Waals surface area contributed by atoms with E-state index in [1.807, 2.05) is 0 Å². The minimum atomic E-state index is 0.147. The molecule has 0 aliphatic carbocycles. The van der Waals surface area contributed by atoms with E-state index in [2.05, 4.69) is 56.1 Å². The minimum Gasteiger partial charge on any atom is -0.301 e. The molecule has 0 aromatic heterocycles. The lowest BCUT2D eigenvalue weighted by Gasteiger charge is -2.20. The van der Waals surface area contributed by atoms with Crippen LogP contribution in [0.25, 0.3) is 0 Å². The molecule has 0 saturated carbocycles. The maximum atomic E-state index is 8.92. The molecule has 0 radical (unpaired) electrons. The third-order valence-corrected chi connectivity index (χ3v) is 2.91. The normalized spacial score (nSPS) is 12.4. The van der Waals surface area contributed by atoms with Crippen LogP contribution in [0.3, 0.4) is 0 Å². The van der Waals surface area contributed by atoms with Crippen LogP contribution in [0.1, 0.15) is 24.5 Å². The molecule has 2 nitrogen and oxygen atoms in total. The number of benzene rings is 1. The predicted molar refractivity (Wildman–Crippen MR) is 66.9 cm³/mol. The molecule has 0 amide bonds.